The molecule has 0 aromatic rings. The number of aliphatic hydroxyl groups is 2. The van der Waals surface area contributed by atoms with Crippen molar-refractivity contribution >= 4 is 11.8 Å². The molecule has 0 amide bonds. The van der Waals surface area contributed by atoms with Crippen LogP contribution in [0, 0.1) is 5.92 Å². The molecule has 0 heterocycles. The number of carbonyl (C=O) groups excluding carboxylic acids is 1. The van der Waals surface area contributed by atoms with Crippen LogP contribution in [0.25, 0.3) is 0 Å². The van der Waals surface area contributed by atoms with E-state index in [1.807, 2.05) is 0 Å². The van der Waals surface area contributed by atoms with E-state index in [1.165, 1.54) is 13.0 Å². The van der Waals surface area contributed by atoms with Crippen molar-refractivity contribution in [3.05, 3.63) is 24.3 Å². The van der Waals surface area contributed by atoms with Gasteiger partial charge in [-0.1, -0.05) is 38.0 Å². The molecule has 1 rings (SSSR count). The number of unbranched alkanes of at least 4 members (excludes halogenated alkanes) is 1. The molecule has 0 saturated heterocycles. The quantitative estimate of drug-likeness (QED) is 0.448. The van der Waals surface area contributed by atoms with Crippen LogP contribution in [0.4, 0.5) is 0 Å². The van der Waals surface area contributed by atoms with E-state index in [9.17, 15) is 24.9 Å². The summed E-state index contributed by atoms with van der Waals surface area (Å²) >= 11 is 0. The molecule has 3 N–H and O–H groups in total. The van der Waals surface area contributed by atoms with Crippen molar-refractivity contribution in [1.82, 2.24) is 0 Å². The van der Waals surface area contributed by atoms with Crippen molar-refractivity contribution in [2.45, 2.75) is 83.0 Å². The molecule has 0 radical (unpaired) electrons. The summed E-state index contributed by atoms with van der Waals surface area (Å²) in [5.41, 5.74) is -2.12. The fourth-order valence-electron chi connectivity index (χ4n) is 3.49. The predicted octanol–water partition coefficient (Wildman–Crippen LogP) is 3.02. The molecular formula is C21H34O6. The normalized spacial score (nSPS) is 23.6. The van der Waals surface area contributed by atoms with E-state index in [2.05, 4.69) is 6.92 Å². The van der Waals surface area contributed by atoms with Crippen molar-refractivity contribution in [3.8, 4) is 0 Å². The first-order valence-electron chi connectivity index (χ1n) is 9.79. The van der Waals surface area contributed by atoms with Crippen molar-refractivity contribution < 1.29 is 29.6 Å². The molecule has 0 aromatic heterocycles. The van der Waals surface area contributed by atoms with Crippen LogP contribution < -0.4 is 0 Å². The average molecular weight is 382 g/mol. The summed E-state index contributed by atoms with van der Waals surface area (Å²) in [5.74, 6) is -1.60. The van der Waals surface area contributed by atoms with Crippen LogP contribution in [0.1, 0.15) is 65.7 Å². The van der Waals surface area contributed by atoms with E-state index >= 15 is 0 Å². The lowest BCUT2D eigenvalue weighted by Crippen LogP contribution is -2.44. The van der Waals surface area contributed by atoms with E-state index in [4.69, 9.17) is 4.74 Å². The van der Waals surface area contributed by atoms with Crippen LogP contribution in [0.3, 0.4) is 0 Å². The molecule has 0 bridgehead atoms. The molecule has 1 aliphatic rings. The van der Waals surface area contributed by atoms with Crippen LogP contribution in [-0.2, 0) is 14.3 Å². The second kappa shape index (κ2) is 10.7. The summed E-state index contributed by atoms with van der Waals surface area (Å²) in [6.07, 6.45) is 10.1. The Kier molecular flexibility index (Phi) is 9.36. The molecule has 6 nitrogen and oxygen atoms in total. The summed E-state index contributed by atoms with van der Waals surface area (Å²) in [7, 11) is 0. The van der Waals surface area contributed by atoms with Crippen LogP contribution in [0.2, 0.25) is 0 Å². The molecule has 0 aromatic carbocycles. The molecule has 2 unspecified atom stereocenters. The number of ether oxygens (including phenoxy) is 1. The standard InChI is InChI=1S/C21H34O6/c1-4-5-11-20(3,26)12-7-13-21(14-8-15-22,27-16(2)19(24)25)17-9-6-10-18(17)23/h7-8,13-14,16-17,22,26H,4-6,9-12,15H2,1-3H3,(H,24,25)/b13-7+,14-8-/t16-,17-,20?,21?/m0/s1. The maximum Gasteiger partial charge on any atom is 0.332 e. The van der Waals surface area contributed by atoms with Gasteiger partial charge in [0, 0.05) is 6.42 Å². The minimum absolute atomic E-state index is 0.0255. The molecule has 1 fully saturated rings. The molecule has 154 valence electrons. The Morgan fingerprint density at radius 3 is 2.56 bits per heavy atom. The number of hydrogen-bond acceptors (Lipinski definition) is 5. The summed E-state index contributed by atoms with van der Waals surface area (Å²) < 4.78 is 5.87. The summed E-state index contributed by atoms with van der Waals surface area (Å²) in [4.78, 5) is 23.8. The lowest BCUT2D eigenvalue weighted by atomic mass is 9.83. The van der Waals surface area contributed by atoms with E-state index in [-0.39, 0.29) is 12.4 Å². The van der Waals surface area contributed by atoms with Gasteiger partial charge in [0.25, 0.3) is 0 Å². The van der Waals surface area contributed by atoms with Gasteiger partial charge in [-0.15, -0.1) is 0 Å². The molecule has 1 saturated carbocycles. The summed E-state index contributed by atoms with van der Waals surface area (Å²) in [6.45, 7) is 5.01. The Morgan fingerprint density at radius 2 is 2.04 bits per heavy atom. The Morgan fingerprint density at radius 1 is 1.37 bits per heavy atom. The maximum absolute atomic E-state index is 12.4. The van der Waals surface area contributed by atoms with Gasteiger partial charge >= 0.3 is 5.97 Å². The Labute approximate surface area is 161 Å². The number of ketones is 1. The molecule has 0 aliphatic heterocycles. The SMILES string of the molecule is CCCCC(C)(O)C/C=C/C(/C=C\CO)(O[C@@H](C)C(=O)O)[C@H]1CCCC1=O. The molecule has 0 spiro atoms. The summed E-state index contributed by atoms with van der Waals surface area (Å²) in [5, 5.41) is 29.0. The lowest BCUT2D eigenvalue weighted by Gasteiger charge is -2.35. The first kappa shape index (κ1) is 23.5. The number of carbonyl (C=O) groups is 2. The number of hydrogen-bond donors (Lipinski definition) is 3. The molecule has 27 heavy (non-hydrogen) atoms. The number of aliphatic hydroxyl groups excluding tert-OH is 1. The van der Waals surface area contributed by atoms with Gasteiger partial charge in [-0.05, 0) is 45.6 Å². The molecule has 4 atom stereocenters. The highest BCUT2D eigenvalue weighted by Crippen LogP contribution is 2.38. The van der Waals surface area contributed by atoms with E-state index in [1.54, 1.807) is 25.2 Å². The first-order chi connectivity index (χ1) is 12.7. The smallest absolute Gasteiger partial charge is 0.332 e. The van der Waals surface area contributed by atoms with Gasteiger partial charge in [0.15, 0.2) is 6.10 Å². The van der Waals surface area contributed by atoms with E-state index in [0.29, 0.717) is 25.7 Å². The van der Waals surface area contributed by atoms with Crippen molar-refractivity contribution in [1.29, 1.82) is 0 Å². The monoisotopic (exact) mass is 382 g/mol. The third-order valence-electron chi connectivity index (χ3n) is 5.07. The van der Waals surface area contributed by atoms with E-state index in [0.717, 1.165) is 19.3 Å². The number of carboxylic acid groups (broad SMARTS) is 1. The van der Waals surface area contributed by atoms with Gasteiger partial charge in [-0.3, -0.25) is 4.79 Å². The van der Waals surface area contributed by atoms with Crippen molar-refractivity contribution in [2.75, 3.05) is 6.61 Å². The lowest BCUT2D eigenvalue weighted by molar-refractivity contribution is -0.159. The molecular weight excluding hydrogens is 348 g/mol. The fourth-order valence-corrected chi connectivity index (χ4v) is 3.49. The summed E-state index contributed by atoms with van der Waals surface area (Å²) in [6, 6.07) is 0. The van der Waals surface area contributed by atoms with Gasteiger partial charge in [-0.25, -0.2) is 4.79 Å². The number of carboxylic acids is 1. The Bertz CT molecular complexity index is 551. The molecule has 1 aliphatic carbocycles. The third kappa shape index (κ3) is 7.20. The minimum atomic E-state index is -1.24. The van der Waals surface area contributed by atoms with Crippen LogP contribution in [0.15, 0.2) is 24.3 Å². The number of rotatable bonds is 12. The largest absolute Gasteiger partial charge is 0.479 e. The molecule has 6 heteroatoms. The topological polar surface area (TPSA) is 104 Å². The highest BCUT2D eigenvalue weighted by Gasteiger charge is 2.44. The van der Waals surface area contributed by atoms with Gasteiger partial charge in [0.05, 0.1) is 18.1 Å². The van der Waals surface area contributed by atoms with Gasteiger partial charge in [0.1, 0.15) is 11.4 Å². The fraction of sp³-hybridized carbons (Fsp3) is 0.714. The van der Waals surface area contributed by atoms with E-state index < -0.39 is 29.2 Å². The number of aliphatic carboxylic acids is 1. The third-order valence-corrected chi connectivity index (χ3v) is 5.07. The van der Waals surface area contributed by atoms with Crippen LogP contribution in [-0.4, -0.2) is 51.0 Å². The number of Topliss-reactive ketones (excluding diaryl/α,β-unsaturated/α-hetero) is 1. The zero-order valence-corrected chi connectivity index (χ0v) is 16.7. The maximum atomic E-state index is 12.4. The first-order valence-corrected chi connectivity index (χ1v) is 9.79. The Balaban J connectivity index is 3.16. The minimum Gasteiger partial charge on any atom is -0.479 e. The Hall–Kier alpha value is -1.50. The van der Waals surface area contributed by atoms with Crippen molar-refractivity contribution in [2.24, 2.45) is 5.92 Å². The van der Waals surface area contributed by atoms with Crippen molar-refractivity contribution in [3.63, 3.8) is 0 Å². The highest BCUT2D eigenvalue weighted by atomic mass is 16.5. The second-order valence-corrected chi connectivity index (χ2v) is 7.65. The van der Waals surface area contributed by atoms with Gasteiger partial charge in [0.2, 0.25) is 0 Å². The van der Waals surface area contributed by atoms with Crippen LogP contribution in [0.5, 0.6) is 0 Å². The average Bonchev–Trinajstić information content (AvgIpc) is 3.04. The van der Waals surface area contributed by atoms with Crippen LogP contribution >= 0.6 is 0 Å². The zero-order valence-electron chi connectivity index (χ0n) is 16.7. The predicted molar refractivity (Wildman–Crippen MR) is 103 cm³/mol. The van der Waals surface area contributed by atoms with Gasteiger partial charge < -0.3 is 20.1 Å². The zero-order chi connectivity index (χ0) is 20.5. The highest BCUT2D eigenvalue weighted by molar-refractivity contribution is 5.85. The van der Waals surface area contributed by atoms with Gasteiger partial charge in [-0.2, -0.15) is 0 Å². The second-order valence-electron chi connectivity index (χ2n) is 7.65.